The van der Waals surface area contributed by atoms with Crippen LogP contribution >= 0.6 is 11.3 Å². The molecule has 0 radical (unpaired) electrons. The molecule has 1 aliphatic carbocycles. The van der Waals surface area contributed by atoms with Gasteiger partial charge in [0, 0.05) is 11.4 Å². The van der Waals surface area contributed by atoms with Crippen molar-refractivity contribution in [2.24, 2.45) is 5.92 Å². The van der Waals surface area contributed by atoms with Crippen LogP contribution in [0.5, 0.6) is 0 Å². The monoisotopic (exact) mass is 276 g/mol. The summed E-state index contributed by atoms with van der Waals surface area (Å²) in [5.41, 5.74) is 0. The van der Waals surface area contributed by atoms with Gasteiger partial charge >= 0.3 is 0 Å². The topological polar surface area (TPSA) is 66.9 Å². The van der Waals surface area contributed by atoms with Crippen LogP contribution in [0.1, 0.15) is 17.7 Å². The minimum Gasteiger partial charge on any atom is -0.360 e. The molecular weight excluding hydrogens is 260 g/mol. The summed E-state index contributed by atoms with van der Waals surface area (Å²) >= 11 is 1.63. The third-order valence-corrected chi connectivity index (χ3v) is 4.11. The molecule has 2 N–H and O–H groups in total. The van der Waals surface area contributed by atoms with Crippen molar-refractivity contribution in [1.29, 1.82) is 0 Å². The molecule has 6 heteroatoms. The molecule has 0 aromatic carbocycles. The molecule has 2 aromatic heterocycles. The van der Waals surface area contributed by atoms with Crippen LogP contribution in [0.25, 0.3) is 10.2 Å². The molecule has 0 bridgehead atoms. The van der Waals surface area contributed by atoms with Crippen LogP contribution in [0, 0.1) is 12.8 Å². The Kier molecular flexibility index (Phi) is 3.33. The van der Waals surface area contributed by atoms with E-state index < -0.39 is 0 Å². The van der Waals surface area contributed by atoms with Crippen molar-refractivity contribution in [3.05, 3.63) is 17.3 Å². The molecule has 100 valence electrons. The minimum absolute atomic E-state index is 0.0191. The van der Waals surface area contributed by atoms with Gasteiger partial charge < -0.3 is 10.6 Å². The minimum atomic E-state index is 0.0191. The maximum atomic E-state index is 11.7. The van der Waals surface area contributed by atoms with Gasteiger partial charge in [-0.2, -0.15) is 0 Å². The molecule has 0 spiro atoms. The second kappa shape index (κ2) is 5.13. The normalized spacial score (nSPS) is 14.6. The summed E-state index contributed by atoms with van der Waals surface area (Å²) in [4.78, 5) is 22.2. The number of fused-ring (bicyclic) bond motifs is 1. The Morgan fingerprint density at radius 3 is 3.11 bits per heavy atom. The summed E-state index contributed by atoms with van der Waals surface area (Å²) in [5.74, 6) is 1.45. The maximum absolute atomic E-state index is 11.7. The van der Waals surface area contributed by atoms with Gasteiger partial charge in [0.05, 0.1) is 11.9 Å². The van der Waals surface area contributed by atoms with E-state index in [9.17, 15) is 4.79 Å². The van der Waals surface area contributed by atoms with E-state index in [1.165, 1.54) is 24.0 Å². The summed E-state index contributed by atoms with van der Waals surface area (Å²) in [6.45, 7) is 3.10. The number of hydrogen-bond donors (Lipinski definition) is 2. The van der Waals surface area contributed by atoms with E-state index in [1.807, 2.05) is 13.0 Å². The number of carbonyl (C=O) groups is 1. The van der Waals surface area contributed by atoms with Crippen molar-refractivity contribution in [1.82, 2.24) is 15.3 Å². The fourth-order valence-corrected chi connectivity index (χ4v) is 2.77. The summed E-state index contributed by atoms with van der Waals surface area (Å²) in [7, 11) is 0. The molecule has 0 atom stereocenters. The SMILES string of the molecule is Cc1cc2c(NCC(=O)NCC3CC3)ncnc2s1. The fraction of sp³-hybridized carbons (Fsp3) is 0.462. The number of aromatic nitrogens is 2. The van der Waals surface area contributed by atoms with Gasteiger partial charge in [0.2, 0.25) is 5.91 Å². The lowest BCUT2D eigenvalue weighted by Crippen LogP contribution is -2.31. The average molecular weight is 276 g/mol. The first-order valence-electron chi connectivity index (χ1n) is 6.44. The zero-order valence-corrected chi connectivity index (χ0v) is 11.6. The molecule has 5 nitrogen and oxygen atoms in total. The molecule has 1 aliphatic rings. The Balaban J connectivity index is 1.62. The Labute approximate surface area is 115 Å². The van der Waals surface area contributed by atoms with Crippen molar-refractivity contribution >= 4 is 33.3 Å². The first-order valence-corrected chi connectivity index (χ1v) is 7.26. The molecule has 2 aromatic rings. The zero-order chi connectivity index (χ0) is 13.2. The summed E-state index contributed by atoms with van der Waals surface area (Å²) in [6.07, 6.45) is 4.02. The van der Waals surface area contributed by atoms with Gasteiger partial charge in [-0.1, -0.05) is 0 Å². The molecule has 2 heterocycles. The van der Waals surface area contributed by atoms with Crippen molar-refractivity contribution in [2.75, 3.05) is 18.4 Å². The summed E-state index contributed by atoms with van der Waals surface area (Å²) < 4.78 is 0. The molecule has 0 aliphatic heterocycles. The molecule has 0 saturated heterocycles. The highest BCUT2D eigenvalue weighted by atomic mass is 32.1. The second-order valence-corrected chi connectivity index (χ2v) is 6.13. The third-order valence-electron chi connectivity index (χ3n) is 3.15. The first kappa shape index (κ1) is 12.3. The van der Waals surface area contributed by atoms with E-state index in [2.05, 4.69) is 20.6 Å². The molecule has 19 heavy (non-hydrogen) atoms. The molecule has 1 saturated carbocycles. The van der Waals surface area contributed by atoms with E-state index in [-0.39, 0.29) is 12.5 Å². The lowest BCUT2D eigenvalue weighted by atomic mass is 10.3. The number of carbonyl (C=O) groups excluding carboxylic acids is 1. The van der Waals surface area contributed by atoms with Crippen LogP contribution in [0.3, 0.4) is 0 Å². The van der Waals surface area contributed by atoms with Gasteiger partial charge in [-0.25, -0.2) is 9.97 Å². The smallest absolute Gasteiger partial charge is 0.239 e. The highest BCUT2D eigenvalue weighted by Crippen LogP contribution is 2.28. The zero-order valence-electron chi connectivity index (χ0n) is 10.8. The quantitative estimate of drug-likeness (QED) is 0.876. The fourth-order valence-electron chi connectivity index (χ4n) is 1.92. The van der Waals surface area contributed by atoms with E-state index in [1.54, 1.807) is 11.3 Å². The van der Waals surface area contributed by atoms with Gasteiger partial charge in [-0.3, -0.25) is 4.79 Å². The van der Waals surface area contributed by atoms with E-state index in [4.69, 9.17) is 0 Å². The predicted molar refractivity (Wildman–Crippen MR) is 76.4 cm³/mol. The number of hydrogen-bond acceptors (Lipinski definition) is 5. The van der Waals surface area contributed by atoms with E-state index in [0.29, 0.717) is 5.92 Å². The lowest BCUT2D eigenvalue weighted by Gasteiger charge is -2.07. The number of anilines is 1. The second-order valence-electron chi connectivity index (χ2n) is 4.90. The number of nitrogens with zero attached hydrogens (tertiary/aromatic N) is 2. The van der Waals surface area contributed by atoms with E-state index >= 15 is 0 Å². The molecular formula is C13H16N4OS. The van der Waals surface area contributed by atoms with Crippen molar-refractivity contribution in [3.8, 4) is 0 Å². The third kappa shape index (κ3) is 3.01. The maximum Gasteiger partial charge on any atom is 0.239 e. The number of nitrogens with one attached hydrogen (secondary N) is 2. The molecule has 3 rings (SSSR count). The summed E-state index contributed by atoms with van der Waals surface area (Å²) in [5, 5.41) is 7.00. The highest BCUT2D eigenvalue weighted by Gasteiger charge is 2.21. The van der Waals surface area contributed by atoms with Gasteiger partial charge in [-0.15, -0.1) is 11.3 Å². The lowest BCUT2D eigenvalue weighted by molar-refractivity contribution is -0.119. The summed E-state index contributed by atoms with van der Waals surface area (Å²) in [6, 6.07) is 2.05. The van der Waals surface area contributed by atoms with Crippen LogP contribution in [-0.4, -0.2) is 29.0 Å². The van der Waals surface area contributed by atoms with Gasteiger partial charge in [0.15, 0.2) is 0 Å². The Hall–Kier alpha value is -1.69. The number of rotatable bonds is 5. The largest absolute Gasteiger partial charge is 0.360 e. The van der Waals surface area contributed by atoms with Crippen LogP contribution in [0.4, 0.5) is 5.82 Å². The Morgan fingerprint density at radius 2 is 2.32 bits per heavy atom. The average Bonchev–Trinajstić information content (AvgIpc) is 3.14. The highest BCUT2D eigenvalue weighted by molar-refractivity contribution is 7.18. The van der Waals surface area contributed by atoms with Crippen LogP contribution < -0.4 is 10.6 Å². The molecule has 1 fully saturated rings. The van der Waals surface area contributed by atoms with Crippen LogP contribution in [0.2, 0.25) is 0 Å². The van der Waals surface area contributed by atoms with E-state index in [0.717, 1.165) is 22.6 Å². The van der Waals surface area contributed by atoms with Gasteiger partial charge in [-0.05, 0) is 31.7 Å². The van der Waals surface area contributed by atoms with Crippen molar-refractivity contribution in [3.63, 3.8) is 0 Å². The van der Waals surface area contributed by atoms with Crippen LogP contribution in [-0.2, 0) is 4.79 Å². The van der Waals surface area contributed by atoms with Crippen molar-refractivity contribution < 1.29 is 4.79 Å². The van der Waals surface area contributed by atoms with Crippen molar-refractivity contribution in [2.45, 2.75) is 19.8 Å². The standard InChI is InChI=1S/C13H16N4OS/c1-8-4-10-12(16-7-17-13(10)19-8)15-6-11(18)14-5-9-2-3-9/h4,7,9H,2-3,5-6H2,1H3,(H,14,18)(H,15,16,17). The Morgan fingerprint density at radius 1 is 1.47 bits per heavy atom. The number of amides is 1. The van der Waals surface area contributed by atoms with Gasteiger partial charge in [0.25, 0.3) is 0 Å². The van der Waals surface area contributed by atoms with Crippen LogP contribution in [0.15, 0.2) is 12.4 Å². The Bertz CT molecular complexity index is 606. The molecule has 1 amide bonds. The van der Waals surface area contributed by atoms with Gasteiger partial charge in [0.1, 0.15) is 17.0 Å². The molecule has 0 unspecified atom stereocenters. The number of thiophene rings is 1. The number of aryl methyl sites for hydroxylation is 1. The first-order chi connectivity index (χ1) is 9.22. The predicted octanol–water partition coefficient (Wildman–Crippen LogP) is 1.94.